The molecule has 3 heterocycles. The van der Waals surface area contributed by atoms with Gasteiger partial charge in [0.2, 0.25) is 5.91 Å². The molecule has 1 aliphatic heterocycles. The van der Waals surface area contributed by atoms with Crippen molar-refractivity contribution in [3.8, 4) is 0 Å². The highest BCUT2D eigenvalue weighted by molar-refractivity contribution is 5.79. The maximum absolute atomic E-state index is 12.6. The minimum Gasteiger partial charge on any atom is -0.338 e. The van der Waals surface area contributed by atoms with E-state index in [0.29, 0.717) is 6.42 Å². The second kappa shape index (κ2) is 6.30. The smallest absolute Gasteiger partial charge is 0.227 e. The van der Waals surface area contributed by atoms with Crippen LogP contribution in [0.25, 0.3) is 0 Å². The number of rotatable bonds is 4. The second-order valence-corrected chi connectivity index (χ2v) is 6.11. The Hall–Kier alpha value is -2.17. The molecule has 0 unspecified atom stereocenters. The van der Waals surface area contributed by atoms with Crippen molar-refractivity contribution in [3.63, 3.8) is 0 Å². The Balaban J connectivity index is 1.64. The lowest BCUT2D eigenvalue weighted by Gasteiger charge is -2.24. The van der Waals surface area contributed by atoms with Crippen LogP contribution >= 0.6 is 0 Å². The van der Waals surface area contributed by atoms with Gasteiger partial charge in [-0.2, -0.15) is 5.10 Å². The number of hydrogen-bond donors (Lipinski definition) is 0. The van der Waals surface area contributed by atoms with Crippen LogP contribution in [0.4, 0.5) is 0 Å². The number of hydrogen-bond acceptors (Lipinski definition) is 3. The average molecular weight is 298 g/mol. The van der Waals surface area contributed by atoms with Crippen LogP contribution in [0.3, 0.4) is 0 Å². The van der Waals surface area contributed by atoms with Crippen molar-refractivity contribution in [2.45, 2.75) is 45.7 Å². The predicted molar refractivity (Wildman–Crippen MR) is 84.4 cm³/mol. The lowest BCUT2D eigenvalue weighted by molar-refractivity contribution is -0.131. The van der Waals surface area contributed by atoms with Gasteiger partial charge in [0.15, 0.2) is 0 Å². The Morgan fingerprint density at radius 1 is 1.32 bits per heavy atom. The number of pyridine rings is 1. The molecule has 22 heavy (non-hydrogen) atoms. The molecule has 2 aromatic rings. The zero-order valence-corrected chi connectivity index (χ0v) is 13.2. The summed E-state index contributed by atoms with van der Waals surface area (Å²) in [5.74, 6) is 0.192. The highest BCUT2D eigenvalue weighted by atomic mass is 16.2. The third kappa shape index (κ3) is 3.35. The first-order valence-electron chi connectivity index (χ1n) is 7.82. The molecule has 5 heteroatoms. The van der Waals surface area contributed by atoms with E-state index >= 15 is 0 Å². The number of amides is 1. The summed E-state index contributed by atoms with van der Waals surface area (Å²) < 4.78 is 1.94. The molecule has 2 aromatic heterocycles. The van der Waals surface area contributed by atoms with Gasteiger partial charge in [0.25, 0.3) is 0 Å². The Morgan fingerprint density at radius 2 is 2.18 bits per heavy atom. The zero-order chi connectivity index (χ0) is 15.5. The van der Waals surface area contributed by atoms with E-state index in [-0.39, 0.29) is 11.9 Å². The third-order valence-electron chi connectivity index (χ3n) is 4.19. The molecule has 1 atom stereocenters. The molecule has 0 bridgehead atoms. The molecule has 1 fully saturated rings. The van der Waals surface area contributed by atoms with Gasteiger partial charge in [-0.25, -0.2) is 0 Å². The summed E-state index contributed by atoms with van der Waals surface area (Å²) in [7, 11) is 0. The van der Waals surface area contributed by atoms with E-state index in [1.54, 1.807) is 6.20 Å². The molecule has 5 nitrogen and oxygen atoms in total. The lowest BCUT2D eigenvalue weighted by Crippen LogP contribution is -2.39. The van der Waals surface area contributed by atoms with E-state index in [1.165, 1.54) is 0 Å². The van der Waals surface area contributed by atoms with Gasteiger partial charge >= 0.3 is 0 Å². The Bertz CT molecular complexity index is 647. The van der Waals surface area contributed by atoms with Gasteiger partial charge in [-0.15, -0.1) is 0 Å². The summed E-state index contributed by atoms with van der Waals surface area (Å²) in [6.07, 6.45) is 8.25. The van der Waals surface area contributed by atoms with Crippen LogP contribution in [0.5, 0.6) is 0 Å². The molecule has 116 valence electrons. The first-order chi connectivity index (χ1) is 10.6. The number of carbonyl (C=O) groups excluding carboxylic acids is 1. The third-order valence-corrected chi connectivity index (χ3v) is 4.19. The zero-order valence-electron chi connectivity index (χ0n) is 13.2. The molecule has 0 radical (unpaired) electrons. The molecule has 0 saturated carbocycles. The van der Waals surface area contributed by atoms with Crippen molar-refractivity contribution in [2.75, 3.05) is 6.54 Å². The molecular weight excluding hydrogens is 276 g/mol. The fourth-order valence-electron chi connectivity index (χ4n) is 3.02. The van der Waals surface area contributed by atoms with Gasteiger partial charge in [-0.3, -0.25) is 14.5 Å². The van der Waals surface area contributed by atoms with Crippen LogP contribution in [-0.4, -0.2) is 38.2 Å². The maximum atomic E-state index is 12.6. The Morgan fingerprint density at radius 3 is 2.86 bits per heavy atom. The minimum atomic E-state index is 0.192. The molecule has 1 saturated heterocycles. The topological polar surface area (TPSA) is 51.0 Å². The number of carbonyl (C=O) groups is 1. The van der Waals surface area contributed by atoms with Crippen molar-refractivity contribution in [3.05, 3.63) is 47.5 Å². The highest BCUT2D eigenvalue weighted by Crippen LogP contribution is 2.20. The van der Waals surface area contributed by atoms with Gasteiger partial charge in [0.1, 0.15) is 0 Å². The van der Waals surface area contributed by atoms with E-state index in [2.05, 4.69) is 10.1 Å². The van der Waals surface area contributed by atoms with E-state index < -0.39 is 0 Å². The van der Waals surface area contributed by atoms with E-state index in [1.807, 2.05) is 48.0 Å². The lowest BCUT2D eigenvalue weighted by atomic mass is 10.1. The predicted octanol–water partition coefficient (Wildman–Crippen LogP) is 2.13. The molecule has 0 N–H and O–H groups in total. The SMILES string of the molecule is Cc1cnn(C[C@@H]2CCCN2C(=O)Cc2ccc(C)nc2)c1. The molecule has 0 aromatic carbocycles. The minimum absolute atomic E-state index is 0.192. The summed E-state index contributed by atoms with van der Waals surface area (Å²) in [5.41, 5.74) is 3.11. The van der Waals surface area contributed by atoms with Crippen molar-refractivity contribution < 1.29 is 4.79 Å². The number of aromatic nitrogens is 3. The number of likely N-dealkylation sites (tertiary alicyclic amines) is 1. The molecule has 1 aliphatic rings. The van der Waals surface area contributed by atoms with Crippen molar-refractivity contribution in [1.82, 2.24) is 19.7 Å². The van der Waals surface area contributed by atoms with Crippen LogP contribution in [0.15, 0.2) is 30.7 Å². The summed E-state index contributed by atoms with van der Waals surface area (Å²) in [4.78, 5) is 18.8. The maximum Gasteiger partial charge on any atom is 0.227 e. The van der Waals surface area contributed by atoms with Gasteiger partial charge < -0.3 is 4.90 Å². The number of nitrogens with zero attached hydrogens (tertiary/aromatic N) is 4. The molecular formula is C17H22N4O. The second-order valence-electron chi connectivity index (χ2n) is 6.11. The van der Waals surface area contributed by atoms with Crippen LogP contribution < -0.4 is 0 Å². The number of aryl methyl sites for hydroxylation is 2. The molecule has 0 spiro atoms. The van der Waals surface area contributed by atoms with Crippen LogP contribution in [0.1, 0.15) is 29.7 Å². The molecule has 3 rings (SSSR count). The Labute approximate surface area is 131 Å². The summed E-state index contributed by atoms with van der Waals surface area (Å²) in [6.45, 7) is 5.62. The first-order valence-corrected chi connectivity index (χ1v) is 7.82. The van der Waals surface area contributed by atoms with E-state index in [9.17, 15) is 4.79 Å². The fraction of sp³-hybridized carbons (Fsp3) is 0.471. The summed E-state index contributed by atoms with van der Waals surface area (Å²) >= 11 is 0. The summed E-state index contributed by atoms with van der Waals surface area (Å²) in [6, 6.07) is 4.20. The van der Waals surface area contributed by atoms with Gasteiger partial charge in [-0.1, -0.05) is 6.07 Å². The van der Waals surface area contributed by atoms with Crippen molar-refractivity contribution >= 4 is 5.91 Å². The highest BCUT2D eigenvalue weighted by Gasteiger charge is 2.29. The molecule has 0 aliphatic carbocycles. The van der Waals surface area contributed by atoms with Gasteiger partial charge in [0.05, 0.1) is 25.2 Å². The van der Waals surface area contributed by atoms with E-state index in [0.717, 1.165) is 42.8 Å². The average Bonchev–Trinajstić information content (AvgIpc) is 3.11. The normalized spacial score (nSPS) is 17.9. The quantitative estimate of drug-likeness (QED) is 0.869. The Kier molecular flexibility index (Phi) is 4.22. The fourth-order valence-corrected chi connectivity index (χ4v) is 3.02. The first kappa shape index (κ1) is 14.8. The van der Waals surface area contributed by atoms with E-state index in [4.69, 9.17) is 0 Å². The van der Waals surface area contributed by atoms with Gasteiger partial charge in [0, 0.05) is 24.6 Å². The monoisotopic (exact) mass is 298 g/mol. The van der Waals surface area contributed by atoms with Crippen LogP contribution in [-0.2, 0) is 17.8 Å². The van der Waals surface area contributed by atoms with Crippen LogP contribution in [0.2, 0.25) is 0 Å². The largest absolute Gasteiger partial charge is 0.338 e. The standard InChI is InChI=1S/C17H22N4O/c1-13-9-19-20(11-13)12-16-4-3-7-21(16)17(22)8-15-6-5-14(2)18-10-15/h5-6,9-11,16H,3-4,7-8,12H2,1-2H3/t16-/m0/s1. The summed E-state index contributed by atoms with van der Waals surface area (Å²) in [5, 5.41) is 4.34. The van der Waals surface area contributed by atoms with Gasteiger partial charge in [-0.05, 0) is 43.9 Å². The molecule has 1 amide bonds. The van der Waals surface area contributed by atoms with Crippen LogP contribution in [0, 0.1) is 13.8 Å². The van der Waals surface area contributed by atoms with Crippen molar-refractivity contribution in [2.24, 2.45) is 0 Å². The van der Waals surface area contributed by atoms with Crippen molar-refractivity contribution in [1.29, 1.82) is 0 Å².